The van der Waals surface area contributed by atoms with E-state index in [0.717, 1.165) is 40.6 Å². The van der Waals surface area contributed by atoms with Crippen LogP contribution in [0.4, 0.5) is 22.7 Å². The van der Waals surface area contributed by atoms with E-state index in [2.05, 4.69) is 200 Å². The summed E-state index contributed by atoms with van der Waals surface area (Å²) >= 11 is 12.7. The molecule has 0 bridgehead atoms. The van der Waals surface area contributed by atoms with E-state index in [1.54, 1.807) is 56.4 Å². The van der Waals surface area contributed by atoms with Gasteiger partial charge in [0.15, 0.2) is 0 Å². The van der Waals surface area contributed by atoms with Gasteiger partial charge >= 0.3 is 185 Å². The van der Waals surface area contributed by atoms with Crippen LogP contribution in [0.15, 0.2) is 141 Å². The second-order valence-corrected chi connectivity index (χ2v) is 43.4. The number of methoxy groups -OCH3 is 1. The van der Waals surface area contributed by atoms with E-state index in [9.17, 15) is 0 Å². The largest absolute Gasteiger partial charge is 0.497 e. The number of fused-ring (bicyclic) bond motifs is 2. The summed E-state index contributed by atoms with van der Waals surface area (Å²) in [4.78, 5) is 16.4. The Morgan fingerprint density at radius 2 is 0.798 bits per heavy atom. The molecule has 14 heteroatoms. The molecule has 0 atom stereocenters. The Bertz CT molecular complexity index is 2800. The molecular formula is C70H102Br2N6OS3Sn2. The summed E-state index contributed by atoms with van der Waals surface area (Å²) in [5.41, 5.74) is 15.6. The summed E-state index contributed by atoms with van der Waals surface area (Å²) < 4.78 is 19.7. The average Bonchev–Trinajstić information content (AvgIpc) is 4.28. The Balaban J connectivity index is 0.000000270. The molecule has 0 amide bonds. The predicted molar refractivity (Wildman–Crippen MR) is 394 cm³/mol. The molecule has 2 aromatic heterocycles. The number of unbranched alkanes of at least 4 members (excludes halogenated alkanes) is 6. The minimum atomic E-state index is -0.839. The fourth-order valence-electron chi connectivity index (χ4n) is 8.69. The number of anilines is 4. The molecule has 0 fully saturated rings. The zero-order chi connectivity index (χ0) is 61.8. The smallest absolute Gasteiger partial charge is 0.124 e. The third kappa shape index (κ3) is 29.3. The van der Waals surface area contributed by atoms with Crippen LogP contribution in [0.25, 0.3) is 41.6 Å². The number of thiol groups is 1. The van der Waals surface area contributed by atoms with Crippen molar-refractivity contribution in [3.05, 3.63) is 142 Å². The number of ether oxygens (including phenoxy) is 1. The van der Waals surface area contributed by atoms with Crippen LogP contribution < -0.4 is 25.2 Å². The number of benzene rings is 6. The molecule has 0 aliphatic carbocycles. The minimum Gasteiger partial charge on any atom is -0.497 e. The van der Waals surface area contributed by atoms with E-state index >= 15 is 0 Å². The number of rotatable bonds is 24. The van der Waals surface area contributed by atoms with E-state index in [-0.39, 0.29) is 0 Å². The molecule has 7 nitrogen and oxygen atoms in total. The van der Waals surface area contributed by atoms with Crippen LogP contribution in [0.5, 0.6) is 5.75 Å². The maximum absolute atomic E-state index is 5.49. The van der Waals surface area contributed by atoms with E-state index in [0.29, 0.717) is 5.69 Å². The fourth-order valence-corrected chi connectivity index (χ4v) is 30.9. The Morgan fingerprint density at radius 1 is 0.464 bits per heavy atom. The van der Waals surface area contributed by atoms with E-state index in [1.165, 1.54) is 120 Å². The van der Waals surface area contributed by atoms with Crippen LogP contribution in [-0.4, -0.2) is 98.9 Å². The van der Waals surface area contributed by atoms with Crippen molar-refractivity contribution in [3.8, 4) is 26.9 Å². The molecule has 0 spiro atoms. The van der Waals surface area contributed by atoms with Gasteiger partial charge in [-0.15, -0.1) is 35.3 Å². The second-order valence-electron chi connectivity index (χ2n) is 21.9. The Hall–Kier alpha value is -2.99. The molecule has 8 aromatic rings. The maximum Gasteiger partial charge on any atom is 0.124 e. The molecule has 8 rings (SSSR count). The van der Waals surface area contributed by atoms with Gasteiger partial charge in [-0.3, -0.25) is 0 Å². The Morgan fingerprint density at radius 3 is 1.13 bits per heavy atom. The number of nitrogen functional groups attached to an aromatic ring is 1. The van der Waals surface area contributed by atoms with Gasteiger partial charge in [0.2, 0.25) is 0 Å². The van der Waals surface area contributed by atoms with Crippen molar-refractivity contribution in [1.82, 2.24) is 9.97 Å². The topological polar surface area (TPSA) is 70.8 Å². The summed E-state index contributed by atoms with van der Waals surface area (Å²) in [6, 6.07) is 43.2. The number of hydrogen-bond donors (Lipinski definition) is 2. The quantitative estimate of drug-likeness (QED) is 0.0355. The van der Waals surface area contributed by atoms with Gasteiger partial charge in [0.05, 0.1) is 27.5 Å². The summed E-state index contributed by atoms with van der Waals surface area (Å²) in [7, 11) is 13.9. The fraction of sp³-hybridized carbons (Fsp3) is 0.457. The van der Waals surface area contributed by atoms with Gasteiger partial charge in [0.25, 0.3) is 0 Å². The van der Waals surface area contributed by atoms with Gasteiger partial charge in [-0.05, 0) is 134 Å². The number of nitrogens with two attached hydrogens (primary N) is 1. The molecule has 458 valence electrons. The molecule has 0 aliphatic rings. The first-order valence-corrected chi connectivity index (χ1v) is 46.4. The van der Waals surface area contributed by atoms with Crippen LogP contribution in [0.1, 0.15) is 124 Å². The molecule has 0 unspecified atom stereocenters. The van der Waals surface area contributed by atoms with Gasteiger partial charge in [-0.25, -0.2) is 9.97 Å². The molecule has 2 radical (unpaired) electrons. The number of hydrogen-bond acceptors (Lipinski definition) is 10. The number of halogens is 2. The molecule has 84 heavy (non-hydrogen) atoms. The first-order chi connectivity index (χ1) is 40.4. The molecule has 0 saturated carbocycles. The number of aryl methyl sites for hydroxylation is 1. The molecule has 2 heterocycles. The van der Waals surface area contributed by atoms with Crippen molar-refractivity contribution in [2.24, 2.45) is 0 Å². The van der Waals surface area contributed by atoms with E-state index in [1.807, 2.05) is 82.8 Å². The van der Waals surface area contributed by atoms with Gasteiger partial charge < -0.3 is 25.2 Å². The summed E-state index contributed by atoms with van der Waals surface area (Å²) in [5, 5.41) is 2.16. The van der Waals surface area contributed by atoms with Crippen LogP contribution in [0.2, 0.25) is 26.6 Å². The van der Waals surface area contributed by atoms with Crippen molar-refractivity contribution in [2.45, 2.75) is 157 Å². The van der Waals surface area contributed by atoms with Gasteiger partial charge in [0, 0.05) is 90.0 Å². The van der Waals surface area contributed by atoms with E-state index in [4.69, 9.17) is 15.5 Å². The van der Waals surface area contributed by atoms with Crippen LogP contribution in [0, 0.1) is 6.92 Å². The minimum absolute atomic E-state index is 0.710. The van der Waals surface area contributed by atoms with Crippen molar-refractivity contribution in [1.29, 1.82) is 0 Å². The SMILES string of the molecule is CCC[CH2][Sn]([CH2]CCC)[CH2]CCC.CCC[CH2][Sn]([CH2]CCC)[CH2]CCC.CN(C)c1ccc(-c2nc3ccc(Br)cc3s2)cc1.COc1ccc(N(C)C)cc1.Cc1ccc2nc(-c3ccc(N(C)C)cc3)sc2c1.Nc1ccc(Br)cc1S. The number of thiazole rings is 2. The Kier molecular flexibility index (Phi) is 39.1. The van der Waals surface area contributed by atoms with Crippen LogP contribution in [0.3, 0.4) is 0 Å². The first kappa shape index (κ1) is 75.3. The zero-order valence-electron chi connectivity index (χ0n) is 53.6. The van der Waals surface area contributed by atoms with Gasteiger partial charge in [-0.1, -0.05) is 37.9 Å². The third-order valence-corrected chi connectivity index (χ3v) is 35.7. The van der Waals surface area contributed by atoms with Crippen molar-refractivity contribution in [2.75, 3.05) is 69.8 Å². The standard InChI is InChI=1S/C16H16N2S.C15H13BrN2S.C9H13NO.C6H6BrNS.6C4H9.2Sn/c1-11-4-9-14-15(10-11)19-16(17-14)12-5-7-13(8-6-12)18(2)3;1-18(2)12-6-3-10(4-7-12)15-17-13-8-5-11(16)9-14(13)19-15;1-10(2)8-4-6-9(11-3)7-5-8;7-4-1-2-5(8)6(9)3-4;6*1-3-4-2;;/h4-10H,1-3H3;3-9H,1-2H3;4-7H,1-3H3;1-3,9H,8H2;6*1,3-4H2,2H3;;. The maximum atomic E-state index is 5.49. The molecular weight excluding hydrogens is 1430 g/mol. The number of aromatic nitrogens is 2. The van der Waals surface area contributed by atoms with E-state index < -0.39 is 39.5 Å². The molecule has 0 saturated heterocycles. The third-order valence-electron chi connectivity index (χ3n) is 14.0. The second kappa shape index (κ2) is 43.6. The monoisotopic (exact) mass is 1540 g/mol. The molecule has 2 N–H and O–H groups in total. The zero-order valence-corrected chi connectivity index (χ0v) is 65.0. The van der Waals surface area contributed by atoms with Crippen LogP contribution in [-0.2, 0) is 0 Å². The predicted octanol–water partition coefficient (Wildman–Crippen LogP) is 23.0. The average molecular weight is 1540 g/mol. The summed E-state index contributed by atoms with van der Waals surface area (Å²) in [6.45, 7) is 16.1. The van der Waals surface area contributed by atoms with Crippen molar-refractivity contribution in [3.63, 3.8) is 0 Å². The van der Waals surface area contributed by atoms with Crippen molar-refractivity contribution >= 4 is 150 Å². The summed E-state index contributed by atoms with van der Waals surface area (Å²) in [5.74, 6) is 0.899. The number of nitrogens with zero attached hydrogens (tertiary/aromatic N) is 5. The first-order valence-electron chi connectivity index (χ1n) is 30.6. The molecule has 6 aromatic carbocycles. The van der Waals surface area contributed by atoms with Gasteiger partial charge in [0.1, 0.15) is 15.8 Å². The van der Waals surface area contributed by atoms with Crippen LogP contribution >= 0.6 is 67.2 Å². The Labute approximate surface area is 554 Å². The van der Waals surface area contributed by atoms with Gasteiger partial charge in [-0.2, -0.15) is 0 Å². The van der Waals surface area contributed by atoms with Crippen molar-refractivity contribution < 1.29 is 4.74 Å². The molecule has 0 aliphatic heterocycles. The normalized spacial score (nSPS) is 10.6. The summed E-state index contributed by atoms with van der Waals surface area (Å²) in [6.07, 6.45) is 17.7.